The summed E-state index contributed by atoms with van der Waals surface area (Å²) in [4.78, 5) is 36.8. The number of hydrogen-bond acceptors (Lipinski definition) is 11. The zero-order valence-electron chi connectivity index (χ0n) is 35.6. The molecule has 0 aliphatic heterocycles. The van der Waals surface area contributed by atoms with Gasteiger partial charge in [-0.3, -0.25) is 0 Å². The first-order valence-corrected chi connectivity index (χ1v) is 21.7. The van der Waals surface area contributed by atoms with E-state index in [2.05, 4.69) is 99.8 Å². The van der Waals surface area contributed by atoms with Gasteiger partial charge in [-0.1, -0.05) is 159 Å². The second-order valence-corrected chi connectivity index (χ2v) is 15.7. The van der Waals surface area contributed by atoms with Gasteiger partial charge in [0.2, 0.25) is 6.29 Å². The van der Waals surface area contributed by atoms with Gasteiger partial charge in [-0.15, -0.1) is 5.10 Å². The lowest BCUT2D eigenvalue weighted by molar-refractivity contribution is -0.0914. The van der Waals surface area contributed by atoms with Crippen LogP contribution in [0.1, 0.15) is 91.4 Å². The fourth-order valence-corrected chi connectivity index (χ4v) is 8.47. The predicted octanol–water partition coefficient (Wildman–Crippen LogP) is 10.4. The van der Waals surface area contributed by atoms with Crippen LogP contribution in [-0.4, -0.2) is 61.2 Å². The van der Waals surface area contributed by atoms with Gasteiger partial charge in [0, 0.05) is 31.8 Å². The number of hydrogen-bond donors (Lipinski definition) is 0. The van der Waals surface area contributed by atoms with Crippen LogP contribution < -0.4 is 4.90 Å². The largest absolute Gasteiger partial charge is 0.511 e. The van der Waals surface area contributed by atoms with E-state index in [-0.39, 0.29) is 11.7 Å². The molecular formula is C51H51N7O5. The number of unbranched alkanes of at least 4 members (excludes halogenated alkanes) is 1. The molecule has 0 spiro atoms. The van der Waals surface area contributed by atoms with Crippen molar-refractivity contribution in [2.45, 2.75) is 83.3 Å². The molecule has 2 aromatic heterocycles. The monoisotopic (exact) mass is 841 g/mol. The fourth-order valence-electron chi connectivity index (χ4n) is 8.47. The van der Waals surface area contributed by atoms with Gasteiger partial charge in [-0.2, -0.15) is 0 Å². The summed E-state index contributed by atoms with van der Waals surface area (Å²) in [6.45, 7) is 4.70. The van der Waals surface area contributed by atoms with Crippen LogP contribution in [0, 0.1) is 0 Å². The molecule has 0 radical (unpaired) electrons. The average Bonchev–Trinajstić information content (AvgIpc) is 3.82. The standard InChI is InChI=1S/C51H51N7O5/c1-3-4-33-57(47-46(34-52-36-53-47)49(59)61-37(2)62-50(60)63-43-25-15-8-16-26-43)35-38-29-31-39(32-30-38)44-27-17-18-28-45(44)48-54-55-56-58(48)51(40-19-9-5-10-20-40,41-21-11-6-12-22-41)42-23-13-7-14-24-42/h5-7,9-14,17-24,27-32,34,36-37,43H,3-4,8,15-16,25-26,33,35H2,1-2H3. The van der Waals surface area contributed by atoms with Gasteiger partial charge in [-0.05, 0) is 75.9 Å². The van der Waals surface area contributed by atoms with Crippen molar-refractivity contribution in [2.24, 2.45) is 0 Å². The maximum atomic E-state index is 13.6. The highest BCUT2D eigenvalue weighted by molar-refractivity contribution is 5.94. The molecule has 320 valence electrons. The Kier molecular flexibility index (Phi) is 13.6. The first-order chi connectivity index (χ1) is 30.9. The minimum atomic E-state index is -1.17. The van der Waals surface area contributed by atoms with Crippen LogP contribution in [0.5, 0.6) is 0 Å². The summed E-state index contributed by atoms with van der Waals surface area (Å²) in [6.07, 6.45) is 7.22. The van der Waals surface area contributed by atoms with Crippen LogP contribution in [0.3, 0.4) is 0 Å². The normalized spacial score (nSPS) is 13.5. The molecule has 1 saturated carbocycles. The highest BCUT2D eigenvalue weighted by Gasteiger charge is 2.42. The van der Waals surface area contributed by atoms with Crippen LogP contribution in [-0.2, 0) is 26.3 Å². The van der Waals surface area contributed by atoms with Gasteiger partial charge in [0.1, 0.15) is 29.4 Å². The number of aromatic nitrogens is 6. The number of ether oxygens (including phenoxy) is 3. The Hall–Kier alpha value is -7.21. The molecule has 2 heterocycles. The van der Waals surface area contributed by atoms with Crippen molar-refractivity contribution in [3.63, 3.8) is 0 Å². The van der Waals surface area contributed by atoms with Crippen molar-refractivity contribution in [2.75, 3.05) is 11.4 Å². The second-order valence-electron chi connectivity index (χ2n) is 15.7. The number of anilines is 1. The van der Waals surface area contributed by atoms with Crippen LogP contribution in [0.2, 0.25) is 0 Å². The molecule has 0 bridgehead atoms. The van der Waals surface area contributed by atoms with Crippen molar-refractivity contribution < 1.29 is 23.8 Å². The van der Waals surface area contributed by atoms with E-state index in [0.717, 1.165) is 83.9 Å². The molecule has 12 heteroatoms. The maximum absolute atomic E-state index is 13.6. The van der Waals surface area contributed by atoms with Gasteiger partial charge in [0.05, 0.1) is 0 Å². The van der Waals surface area contributed by atoms with Crippen LogP contribution in [0.15, 0.2) is 152 Å². The Labute approximate surface area is 367 Å². The van der Waals surface area contributed by atoms with Gasteiger partial charge in [0.25, 0.3) is 0 Å². The Morgan fingerprint density at radius 2 is 1.37 bits per heavy atom. The Morgan fingerprint density at radius 3 is 1.98 bits per heavy atom. The summed E-state index contributed by atoms with van der Waals surface area (Å²) in [6, 6.07) is 47.6. The van der Waals surface area contributed by atoms with Crippen LogP contribution >= 0.6 is 0 Å². The van der Waals surface area contributed by atoms with Gasteiger partial charge < -0.3 is 19.1 Å². The number of nitrogens with zero attached hydrogens (tertiary/aromatic N) is 7. The first kappa shape index (κ1) is 42.5. The second kappa shape index (κ2) is 20.1. The van der Waals surface area contributed by atoms with E-state index in [9.17, 15) is 9.59 Å². The number of tetrazole rings is 1. The van der Waals surface area contributed by atoms with Crippen molar-refractivity contribution >= 4 is 17.9 Å². The molecule has 1 atom stereocenters. The minimum Gasteiger partial charge on any atom is -0.431 e. The molecular weight excluding hydrogens is 791 g/mol. The van der Waals surface area contributed by atoms with Crippen molar-refractivity contribution in [3.8, 4) is 22.5 Å². The third kappa shape index (κ3) is 9.50. The zero-order chi connectivity index (χ0) is 43.4. The van der Waals surface area contributed by atoms with Gasteiger partial charge in [0.15, 0.2) is 5.82 Å². The molecule has 1 unspecified atom stereocenters. The first-order valence-electron chi connectivity index (χ1n) is 21.7. The van der Waals surface area contributed by atoms with Crippen molar-refractivity contribution in [1.82, 2.24) is 30.2 Å². The highest BCUT2D eigenvalue weighted by atomic mass is 16.8. The smallest absolute Gasteiger partial charge is 0.431 e. The number of carbonyl (C=O) groups is 2. The van der Waals surface area contributed by atoms with E-state index >= 15 is 0 Å². The topological polar surface area (TPSA) is 134 Å². The lowest BCUT2D eigenvalue weighted by atomic mass is 9.77. The maximum Gasteiger partial charge on any atom is 0.511 e. The van der Waals surface area contributed by atoms with E-state index < -0.39 is 24.0 Å². The molecule has 1 aliphatic carbocycles. The lowest BCUT2D eigenvalue weighted by Gasteiger charge is -2.36. The third-order valence-corrected chi connectivity index (χ3v) is 11.5. The summed E-state index contributed by atoms with van der Waals surface area (Å²) >= 11 is 0. The van der Waals surface area contributed by atoms with E-state index in [1.165, 1.54) is 19.4 Å². The Balaban J connectivity index is 1.07. The molecule has 5 aromatic carbocycles. The van der Waals surface area contributed by atoms with Gasteiger partial charge >= 0.3 is 12.1 Å². The average molecular weight is 842 g/mol. The quantitative estimate of drug-likeness (QED) is 0.0523. The van der Waals surface area contributed by atoms with Crippen LogP contribution in [0.4, 0.5) is 10.6 Å². The molecule has 0 amide bonds. The van der Waals surface area contributed by atoms with Crippen LogP contribution in [0.25, 0.3) is 22.5 Å². The minimum absolute atomic E-state index is 0.172. The zero-order valence-corrected chi connectivity index (χ0v) is 35.6. The SMILES string of the molecule is CCCCN(Cc1ccc(-c2ccccc2-c2nnnn2C(c2ccccc2)(c2ccccc2)c2ccccc2)cc1)c1ncncc1C(=O)OC(C)OC(=O)OC1CCCCC1. The number of esters is 1. The van der Waals surface area contributed by atoms with E-state index in [1.54, 1.807) is 0 Å². The van der Waals surface area contributed by atoms with E-state index in [4.69, 9.17) is 24.5 Å². The summed E-state index contributed by atoms with van der Waals surface area (Å²) < 4.78 is 18.3. The van der Waals surface area contributed by atoms with E-state index in [0.29, 0.717) is 24.7 Å². The molecule has 0 N–H and O–H groups in total. The summed E-state index contributed by atoms with van der Waals surface area (Å²) in [5, 5.41) is 13.8. The fraction of sp³-hybridized carbons (Fsp3) is 0.275. The molecule has 8 rings (SSSR count). The predicted molar refractivity (Wildman–Crippen MR) is 241 cm³/mol. The summed E-state index contributed by atoms with van der Waals surface area (Å²) in [5.41, 5.74) is 6.14. The molecule has 12 nitrogen and oxygen atoms in total. The molecule has 1 fully saturated rings. The molecule has 1 aliphatic rings. The highest BCUT2D eigenvalue weighted by Crippen LogP contribution is 2.43. The molecule has 63 heavy (non-hydrogen) atoms. The number of benzene rings is 5. The van der Waals surface area contributed by atoms with E-state index in [1.807, 2.05) is 71.4 Å². The Morgan fingerprint density at radius 1 is 0.762 bits per heavy atom. The lowest BCUT2D eigenvalue weighted by Crippen LogP contribution is -2.39. The third-order valence-electron chi connectivity index (χ3n) is 11.5. The summed E-state index contributed by atoms with van der Waals surface area (Å²) in [7, 11) is 0. The Bertz CT molecular complexity index is 2470. The number of rotatable bonds is 16. The summed E-state index contributed by atoms with van der Waals surface area (Å²) in [5.74, 6) is 0.344. The molecule has 7 aromatic rings. The van der Waals surface area contributed by atoms with Crippen molar-refractivity contribution in [1.29, 1.82) is 0 Å². The number of carbonyl (C=O) groups excluding carboxylic acids is 2. The van der Waals surface area contributed by atoms with Gasteiger partial charge in [-0.25, -0.2) is 24.2 Å². The molecule has 0 saturated heterocycles. The van der Waals surface area contributed by atoms with Crippen molar-refractivity contribution in [3.05, 3.63) is 180 Å².